The van der Waals surface area contributed by atoms with Crippen LogP contribution in [0.2, 0.25) is 0 Å². The molecule has 0 aliphatic rings. The molecular weight excluding hydrogens is 546 g/mol. The van der Waals surface area contributed by atoms with Gasteiger partial charge in [-0.05, 0) is 65.9 Å². The van der Waals surface area contributed by atoms with Gasteiger partial charge in [-0.3, -0.25) is 4.72 Å². The minimum atomic E-state index is -4.19. The minimum absolute atomic E-state index is 0.00403. The molecule has 10 nitrogen and oxygen atoms in total. The molecule has 0 radical (unpaired) electrons. The molecule has 1 heterocycles. The third-order valence-corrected chi connectivity index (χ3v) is 7.54. The van der Waals surface area contributed by atoms with Crippen LogP contribution in [0.3, 0.4) is 0 Å². The van der Waals surface area contributed by atoms with Crippen LogP contribution in [-0.4, -0.2) is 46.4 Å². The second-order valence-corrected chi connectivity index (χ2v) is 12.1. The fourth-order valence-corrected chi connectivity index (χ4v) is 4.70. The lowest BCUT2D eigenvalue weighted by Crippen LogP contribution is -2.19. The first-order valence-electron chi connectivity index (χ1n) is 13.0. The number of nitrogens with zero attached hydrogens (tertiary/aromatic N) is 2. The van der Waals surface area contributed by atoms with Gasteiger partial charge >= 0.3 is 0 Å². The first kappa shape index (κ1) is 29.6. The Bertz CT molecular complexity index is 1600. The van der Waals surface area contributed by atoms with E-state index in [9.17, 15) is 23.7 Å². The number of aliphatic hydroxyl groups is 1. The molecular formula is C30H33N3O7S. The summed E-state index contributed by atoms with van der Waals surface area (Å²) in [5.74, 6) is -0.753. The first-order chi connectivity index (χ1) is 19.4. The number of aliphatic hydroxyl groups excluding tert-OH is 1. The van der Waals surface area contributed by atoms with Gasteiger partial charge in [0.25, 0.3) is 15.9 Å². The Labute approximate surface area is 239 Å². The van der Waals surface area contributed by atoms with Gasteiger partial charge in [0.1, 0.15) is 12.4 Å². The van der Waals surface area contributed by atoms with Crippen molar-refractivity contribution in [2.75, 3.05) is 11.3 Å². The van der Waals surface area contributed by atoms with Crippen LogP contribution in [0.25, 0.3) is 11.4 Å². The van der Waals surface area contributed by atoms with Crippen LogP contribution >= 0.6 is 0 Å². The number of hydrogen-bond donors (Lipinski definition) is 4. The summed E-state index contributed by atoms with van der Waals surface area (Å²) in [6.07, 6.45) is -0.433. The highest BCUT2D eigenvalue weighted by atomic mass is 32.2. The molecule has 4 rings (SSSR count). The minimum Gasteiger partial charge on any atom is -0.508 e. The van der Waals surface area contributed by atoms with Gasteiger partial charge in [-0.15, -0.1) is 0 Å². The van der Waals surface area contributed by atoms with Gasteiger partial charge < -0.3 is 24.8 Å². The topological polar surface area (TPSA) is 151 Å². The van der Waals surface area contributed by atoms with E-state index in [1.54, 1.807) is 43.3 Å². The Morgan fingerprint density at radius 2 is 1.59 bits per heavy atom. The number of sulfonamides is 1. The Morgan fingerprint density at radius 1 is 0.927 bits per heavy atom. The number of aromatic hydroxyl groups is 2. The maximum Gasteiger partial charge on any atom is 0.263 e. The zero-order valence-corrected chi connectivity index (χ0v) is 24.0. The molecule has 0 amide bonds. The molecule has 216 valence electrons. The lowest BCUT2D eigenvalue weighted by atomic mass is 9.87. The van der Waals surface area contributed by atoms with E-state index in [4.69, 9.17) is 9.47 Å². The molecule has 3 aromatic carbocycles. The van der Waals surface area contributed by atoms with E-state index in [-0.39, 0.29) is 57.4 Å². The molecule has 41 heavy (non-hydrogen) atoms. The number of benzene rings is 3. The number of rotatable bonds is 10. The predicted molar refractivity (Wildman–Crippen MR) is 155 cm³/mol. The fraction of sp³-hybridized carbons (Fsp3) is 0.267. The van der Waals surface area contributed by atoms with E-state index in [0.717, 1.165) is 5.56 Å². The van der Waals surface area contributed by atoms with E-state index in [1.807, 2.05) is 20.8 Å². The van der Waals surface area contributed by atoms with Crippen LogP contribution in [0.4, 0.5) is 5.82 Å². The SMILES string of the molecule is CCC(O)COc1nc(-c2ccc(O)cc2)nc(NS(=O)(=O)c2ccc(C(C)(C)C)cc2)c1Oc1ccccc1O. The summed E-state index contributed by atoms with van der Waals surface area (Å²) in [6, 6.07) is 18.6. The molecule has 0 bridgehead atoms. The van der Waals surface area contributed by atoms with Gasteiger partial charge in [-0.1, -0.05) is 52.0 Å². The Morgan fingerprint density at radius 3 is 2.20 bits per heavy atom. The molecule has 0 aliphatic carbocycles. The standard InChI is InChI=1S/C30H33N3O7S/c1-5-21(34)18-39-29-26(40-25-9-7-6-8-24(25)36)28(31-27(32-29)19-10-14-22(35)15-11-19)33-41(37,38)23-16-12-20(13-17-23)30(2,3)4/h6-17,21,34-36H,5,18H2,1-4H3,(H,31,32,33). The van der Waals surface area contributed by atoms with Crippen LogP contribution < -0.4 is 14.2 Å². The molecule has 0 aliphatic heterocycles. The largest absolute Gasteiger partial charge is 0.508 e. The molecule has 1 unspecified atom stereocenters. The smallest absolute Gasteiger partial charge is 0.263 e. The average molecular weight is 580 g/mol. The number of phenolic OH excluding ortho intramolecular Hbond substituents is 2. The number of para-hydroxylation sites is 2. The summed E-state index contributed by atoms with van der Waals surface area (Å²) in [7, 11) is -4.19. The van der Waals surface area contributed by atoms with Crippen LogP contribution in [0.5, 0.6) is 28.9 Å². The van der Waals surface area contributed by atoms with Crippen LogP contribution in [0.15, 0.2) is 77.7 Å². The third-order valence-electron chi connectivity index (χ3n) is 6.18. The van der Waals surface area contributed by atoms with E-state index in [0.29, 0.717) is 12.0 Å². The van der Waals surface area contributed by atoms with E-state index in [2.05, 4.69) is 14.7 Å². The zero-order valence-electron chi connectivity index (χ0n) is 23.2. The van der Waals surface area contributed by atoms with Crippen molar-refractivity contribution in [1.82, 2.24) is 9.97 Å². The van der Waals surface area contributed by atoms with E-state index >= 15 is 0 Å². The van der Waals surface area contributed by atoms with E-state index < -0.39 is 16.1 Å². The molecule has 1 aromatic heterocycles. The molecule has 11 heteroatoms. The number of aromatic nitrogens is 2. The van der Waals surface area contributed by atoms with Gasteiger partial charge in [0.2, 0.25) is 5.75 Å². The summed E-state index contributed by atoms with van der Waals surface area (Å²) in [4.78, 5) is 8.87. The highest BCUT2D eigenvalue weighted by Gasteiger charge is 2.26. The Kier molecular flexibility index (Phi) is 8.69. The summed E-state index contributed by atoms with van der Waals surface area (Å²) < 4.78 is 41.4. The van der Waals surface area contributed by atoms with Crippen LogP contribution in [0.1, 0.15) is 39.7 Å². The quantitative estimate of drug-likeness (QED) is 0.188. The maximum absolute atomic E-state index is 13.6. The number of anilines is 1. The number of phenols is 2. The fourth-order valence-electron chi connectivity index (χ4n) is 3.70. The second-order valence-electron chi connectivity index (χ2n) is 10.4. The molecule has 4 N–H and O–H groups in total. The second kappa shape index (κ2) is 12.0. The van der Waals surface area contributed by atoms with E-state index in [1.165, 1.54) is 36.4 Å². The lowest BCUT2D eigenvalue weighted by Gasteiger charge is -2.20. The van der Waals surface area contributed by atoms with Crippen molar-refractivity contribution in [2.45, 2.75) is 50.5 Å². The monoisotopic (exact) mass is 579 g/mol. The molecule has 0 saturated heterocycles. The molecule has 1 atom stereocenters. The van der Waals surface area contributed by atoms with Crippen molar-refractivity contribution in [2.24, 2.45) is 0 Å². The summed E-state index contributed by atoms with van der Waals surface area (Å²) in [5, 5.41) is 30.3. The van der Waals surface area contributed by atoms with Crippen LogP contribution in [-0.2, 0) is 15.4 Å². The summed E-state index contributed by atoms with van der Waals surface area (Å²) in [5.41, 5.74) is 1.24. The zero-order chi connectivity index (χ0) is 29.8. The first-order valence-corrected chi connectivity index (χ1v) is 14.5. The van der Waals surface area contributed by atoms with Gasteiger partial charge in [-0.2, -0.15) is 4.98 Å². The van der Waals surface area contributed by atoms with Crippen molar-refractivity contribution in [3.05, 3.63) is 78.4 Å². The normalized spacial score (nSPS) is 12.5. The number of nitrogens with one attached hydrogen (secondary N) is 1. The van der Waals surface area contributed by atoms with Crippen LogP contribution in [0, 0.1) is 0 Å². The third kappa shape index (κ3) is 7.24. The van der Waals surface area contributed by atoms with Crippen molar-refractivity contribution in [1.29, 1.82) is 0 Å². The highest BCUT2D eigenvalue weighted by molar-refractivity contribution is 7.92. The predicted octanol–water partition coefficient (Wildman–Crippen LogP) is 5.60. The summed E-state index contributed by atoms with van der Waals surface area (Å²) >= 11 is 0. The Hall–Kier alpha value is -4.35. The van der Waals surface area contributed by atoms with Crippen molar-refractivity contribution < 1.29 is 33.2 Å². The van der Waals surface area contributed by atoms with Gasteiger partial charge in [0.15, 0.2) is 23.1 Å². The number of ether oxygens (including phenoxy) is 2. The van der Waals surface area contributed by atoms with Crippen molar-refractivity contribution in [3.8, 4) is 40.3 Å². The lowest BCUT2D eigenvalue weighted by molar-refractivity contribution is 0.100. The maximum atomic E-state index is 13.6. The molecule has 0 saturated carbocycles. The molecule has 0 fully saturated rings. The van der Waals surface area contributed by atoms with Gasteiger partial charge in [0, 0.05) is 5.56 Å². The average Bonchev–Trinajstić information content (AvgIpc) is 2.93. The molecule has 4 aromatic rings. The summed E-state index contributed by atoms with van der Waals surface area (Å²) in [6.45, 7) is 7.69. The van der Waals surface area contributed by atoms with Crippen molar-refractivity contribution in [3.63, 3.8) is 0 Å². The Balaban J connectivity index is 1.86. The van der Waals surface area contributed by atoms with Gasteiger partial charge in [0.05, 0.1) is 11.0 Å². The number of hydrogen-bond acceptors (Lipinski definition) is 9. The molecule has 0 spiro atoms. The van der Waals surface area contributed by atoms with Gasteiger partial charge in [-0.25, -0.2) is 13.4 Å². The highest BCUT2D eigenvalue weighted by Crippen LogP contribution is 2.41. The van der Waals surface area contributed by atoms with Crippen molar-refractivity contribution >= 4 is 15.8 Å².